The lowest BCUT2D eigenvalue weighted by molar-refractivity contribution is 0.354. The minimum atomic E-state index is -0.321. The zero-order valence-electron chi connectivity index (χ0n) is 19.9. The quantitative estimate of drug-likeness (QED) is 0.468. The molecule has 2 aliphatic rings. The highest BCUT2D eigenvalue weighted by molar-refractivity contribution is 5.85. The molecular formula is C27H31N5O2. The molecule has 0 radical (unpaired) electrons. The first-order valence-electron chi connectivity index (χ1n) is 12.5. The van der Waals surface area contributed by atoms with Gasteiger partial charge in [0.15, 0.2) is 11.2 Å². The molecular weight excluding hydrogens is 426 g/mol. The van der Waals surface area contributed by atoms with Crippen molar-refractivity contribution >= 4 is 27.9 Å². The summed E-state index contributed by atoms with van der Waals surface area (Å²) in [4.78, 5) is 34.5. The van der Waals surface area contributed by atoms with E-state index in [1.807, 2.05) is 30.3 Å². The molecule has 2 aromatic heterocycles. The number of benzene rings is 2. The lowest BCUT2D eigenvalue weighted by Crippen LogP contribution is -2.45. The summed E-state index contributed by atoms with van der Waals surface area (Å²) >= 11 is 0. The first kappa shape index (κ1) is 21.2. The van der Waals surface area contributed by atoms with Crippen LogP contribution >= 0.6 is 0 Å². The standard InChI is InChI=1S/C27H31N5O2/c1-18-15-30(21-12-4-3-5-13-21)26-28-24-23(31(26)16-18)25(33)32(27(34)29(24)2)17-20-11-8-10-19-9-6-7-14-22(19)20/h6-11,14,18,21H,3-5,12-13,15-17H2,1-2H3/t18-/m1/s1. The Hall–Kier alpha value is -3.35. The second-order valence-corrected chi connectivity index (χ2v) is 10.1. The van der Waals surface area contributed by atoms with E-state index in [4.69, 9.17) is 4.98 Å². The molecule has 7 nitrogen and oxygen atoms in total. The molecule has 6 rings (SSSR count). The summed E-state index contributed by atoms with van der Waals surface area (Å²) in [6.07, 6.45) is 6.11. The Morgan fingerprint density at radius 2 is 1.74 bits per heavy atom. The number of imidazole rings is 1. The highest BCUT2D eigenvalue weighted by Crippen LogP contribution is 2.33. The fourth-order valence-corrected chi connectivity index (χ4v) is 5.98. The summed E-state index contributed by atoms with van der Waals surface area (Å²) in [5.74, 6) is 1.27. The first-order chi connectivity index (χ1) is 16.5. The maximum atomic E-state index is 13.8. The van der Waals surface area contributed by atoms with Gasteiger partial charge in [-0.1, -0.05) is 68.7 Å². The van der Waals surface area contributed by atoms with Crippen molar-refractivity contribution in [2.75, 3.05) is 11.4 Å². The van der Waals surface area contributed by atoms with Crippen LogP contribution in [0.3, 0.4) is 0 Å². The third-order valence-corrected chi connectivity index (χ3v) is 7.70. The topological polar surface area (TPSA) is 65.1 Å². The van der Waals surface area contributed by atoms with Gasteiger partial charge in [0, 0.05) is 26.2 Å². The van der Waals surface area contributed by atoms with E-state index in [1.54, 1.807) is 11.6 Å². The largest absolute Gasteiger partial charge is 0.339 e. The molecule has 1 atom stereocenters. The number of hydrogen-bond acceptors (Lipinski definition) is 4. The van der Waals surface area contributed by atoms with Gasteiger partial charge in [-0.3, -0.25) is 13.9 Å². The van der Waals surface area contributed by atoms with Crippen molar-refractivity contribution in [3.05, 3.63) is 68.9 Å². The van der Waals surface area contributed by atoms with E-state index >= 15 is 0 Å². The van der Waals surface area contributed by atoms with Gasteiger partial charge in [0.1, 0.15) is 0 Å². The second kappa shape index (κ2) is 8.15. The van der Waals surface area contributed by atoms with Crippen LogP contribution in [0.4, 0.5) is 5.95 Å². The summed E-state index contributed by atoms with van der Waals surface area (Å²) in [5, 5.41) is 2.16. The Bertz CT molecular complexity index is 1500. The summed E-state index contributed by atoms with van der Waals surface area (Å²) in [7, 11) is 1.73. The Labute approximate surface area is 198 Å². The second-order valence-electron chi connectivity index (χ2n) is 10.1. The maximum Gasteiger partial charge on any atom is 0.332 e. The van der Waals surface area contributed by atoms with Gasteiger partial charge in [0.2, 0.25) is 5.95 Å². The summed E-state index contributed by atoms with van der Waals surface area (Å²) in [6, 6.07) is 14.6. The van der Waals surface area contributed by atoms with Crippen LogP contribution in [-0.2, 0) is 20.1 Å². The molecule has 0 spiro atoms. The van der Waals surface area contributed by atoms with Crippen LogP contribution in [0.2, 0.25) is 0 Å². The third-order valence-electron chi connectivity index (χ3n) is 7.70. The number of aromatic nitrogens is 4. The molecule has 4 aromatic rings. The smallest absolute Gasteiger partial charge is 0.332 e. The summed E-state index contributed by atoms with van der Waals surface area (Å²) in [5.41, 5.74) is 1.44. The molecule has 0 saturated heterocycles. The number of fused-ring (bicyclic) bond motifs is 4. The van der Waals surface area contributed by atoms with E-state index in [2.05, 4.69) is 28.5 Å². The van der Waals surface area contributed by atoms with Gasteiger partial charge in [-0.15, -0.1) is 0 Å². The minimum Gasteiger partial charge on any atom is -0.339 e. The van der Waals surface area contributed by atoms with Crippen molar-refractivity contribution in [1.82, 2.24) is 18.7 Å². The molecule has 7 heteroatoms. The normalized spacial score (nSPS) is 19.1. The predicted octanol–water partition coefficient (Wildman–Crippen LogP) is 3.89. The zero-order chi connectivity index (χ0) is 23.4. The fraction of sp³-hybridized carbons (Fsp3) is 0.444. The molecule has 1 fully saturated rings. The molecule has 3 heterocycles. The van der Waals surface area contributed by atoms with Crippen molar-refractivity contribution in [1.29, 1.82) is 0 Å². The molecule has 0 N–H and O–H groups in total. The van der Waals surface area contributed by atoms with E-state index in [0.29, 0.717) is 23.1 Å². The number of nitrogens with zero attached hydrogens (tertiary/aromatic N) is 5. The Morgan fingerprint density at radius 1 is 0.971 bits per heavy atom. The molecule has 1 saturated carbocycles. The number of hydrogen-bond donors (Lipinski definition) is 0. The minimum absolute atomic E-state index is 0.241. The average molecular weight is 458 g/mol. The molecule has 34 heavy (non-hydrogen) atoms. The number of rotatable bonds is 3. The van der Waals surface area contributed by atoms with Crippen LogP contribution in [0, 0.1) is 5.92 Å². The van der Waals surface area contributed by atoms with Crippen molar-refractivity contribution in [2.45, 2.75) is 58.2 Å². The van der Waals surface area contributed by atoms with Gasteiger partial charge < -0.3 is 9.47 Å². The van der Waals surface area contributed by atoms with Crippen molar-refractivity contribution in [3.63, 3.8) is 0 Å². The van der Waals surface area contributed by atoms with Crippen LogP contribution in [-0.4, -0.2) is 31.3 Å². The maximum absolute atomic E-state index is 13.8. The van der Waals surface area contributed by atoms with Crippen molar-refractivity contribution in [3.8, 4) is 0 Å². The molecule has 1 aliphatic carbocycles. The summed E-state index contributed by atoms with van der Waals surface area (Å²) in [6.45, 7) is 4.18. The molecule has 0 amide bonds. The van der Waals surface area contributed by atoms with Gasteiger partial charge in [-0.25, -0.2) is 4.79 Å². The van der Waals surface area contributed by atoms with Crippen molar-refractivity contribution < 1.29 is 0 Å². The highest BCUT2D eigenvalue weighted by Gasteiger charge is 2.33. The molecule has 176 valence electrons. The van der Waals surface area contributed by atoms with Crippen molar-refractivity contribution in [2.24, 2.45) is 13.0 Å². The lowest BCUT2D eigenvalue weighted by Gasteiger charge is -2.40. The van der Waals surface area contributed by atoms with Gasteiger partial charge in [-0.2, -0.15) is 4.98 Å². The van der Waals surface area contributed by atoms with E-state index in [0.717, 1.165) is 35.4 Å². The van der Waals surface area contributed by atoms with Crippen LogP contribution < -0.4 is 16.1 Å². The Balaban J connectivity index is 1.52. The third kappa shape index (κ3) is 3.29. The van der Waals surface area contributed by atoms with E-state index in [1.165, 1.54) is 36.7 Å². The van der Waals surface area contributed by atoms with E-state index < -0.39 is 0 Å². The van der Waals surface area contributed by atoms with Crippen LogP contribution in [0.25, 0.3) is 21.9 Å². The molecule has 2 aromatic carbocycles. The summed E-state index contributed by atoms with van der Waals surface area (Å²) < 4.78 is 5.01. The SMILES string of the molecule is C[C@@H]1CN(C2CCCCC2)c2nc3c(c(=O)n(Cc4cccc5ccccc45)c(=O)n3C)n2C1. The van der Waals surface area contributed by atoms with Crippen LogP contribution in [0.5, 0.6) is 0 Å². The Kier molecular flexibility index (Phi) is 5.08. The average Bonchev–Trinajstić information content (AvgIpc) is 3.25. The van der Waals surface area contributed by atoms with Crippen LogP contribution in [0.1, 0.15) is 44.6 Å². The van der Waals surface area contributed by atoms with E-state index in [9.17, 15) is 9.59 Å². The Morgan fingerprint density at radius 3 is 2.56 bits per heavy atom. The van der Waals surface area contributed by atoms with Gasteiger partial charge >= 0.3 is 5.69 Å². The van der Waals surface area contributed by atoms with Gasteiger partial charge in [-0.05, 0) is 35.1 Å². The van der Waals surface area contributed by atoms with Crippen LogP contribution in [0.15, 0.2) is 52.1 Å². The highest BCUT2D eigenvalue weighted by atomic mass is 16.2. The van der Waals surface area contributed by atoms with Gasteiger partial charge in [0.25, 0.3) is 5.56 Å². The lowest BCUT2D eigenvalue weighted by atomic mass is 9.93. The molecule has 1 aliphatic heterocycles. The first-order valence-corrected chi connectivity index (χ1v) is 12.5. The van der Waals surface area contributed by atoms with E-state index in [-0.39, 0.29) is 17.8 Å². The molecule has 0 unspecified atom stereocenters. The number of anilines is 1. The predicted molar refractivity (Wildman–Crippen MR) is 136 cm³/mol. The fourth-order valence-electron chi connectivity index (χ4n) is 5.98. The van der Waals surface area contributed by atoms with Gasteiger partial charge in [0.05, 0.1) is 6.54 Å². The number of aryl methyl sites for hydroxylation is 1. The monoisotopic (exact) mass is 457 g/mol. The molecule has 0 bridgehead atoms. The zero-order valence-corrected chi connectivity index (χ0v) is 19.9.